The normalized spacial score (nSPS) is 13.7. The van der Waals surface area contributed by atoms with Crippen molar-refractivity contribution in [3.63, 3.8) is 0 Å². The van der Waals surface area contributed by atoms with Crippen LogP contribution in [0.1, 0.15) is 27.0 Å². The number of methoxy groups -OCH3 is 2. The van der Waals surface area contributed by atoms with E-state index in [9.17, 15) is 9.59 Å². The van der Waals surface area contributed by atoms with Crippen molar-refractivity contribution in [2.75, 3.05) is 26.1 Å². The third kappa shape index (κ3) is 5.43. The molecular weight excluding hydrogens is 448 g/mol. The van der Waals surface area contributed by atoms with E-state index in [1.807, 2.05) is 61.5 Å². The Morgan fingerprint density at radius 2 is 1.76 bits per heavy atom. The van der Waals surface area contributed by atoms with Crippen molar-refractivity contribution in [3.8, 4) is 11.5 Å². The molecule has 0 saturated carbocycles. The van der Waals surface area contributed by atoms with Crippen LogP contribution in [0.4, 0.5) is 5.69 Å². The second-order valence-corrected chi connectivity index (χ2v) is 8.97. The van der Waals surface area contributed by atoms with Gasteiger partial charge in [-0.2, -0.15) is 0 Å². The lowest BCUT2D eigenvalue weighted by atomic mass is 10.1. The molecule has 0 fully saturated rings. The summed E-state index contributed by atoms with van der Waals surface area (Å²) in [5.41, 5.74) is 4.31. The minimum atomic E-state index is -0.191. The summed E-state index contributed by atoms with van der Waals surface area (Å²) in [5, 5.41) is 5.84. The summed E-state index contributed by atoms with van der Waals surface area (Å²) < 4.78 is 10.6. The van der Waals surface area contributed by atoms with Crippen LogP contribution < -0.4 is 20.1 Å². The molecular formula is C27H26N2O4S. The van der Waals surface area contributed by atoms with E-state index in [1.165, 1.54) is 17.3 Å². The molecule has 0 aliphatic carbocycles. The molecule has 6 nitrogen and oxygen atoms in total. The number of rotatable bonds is 7. The number of ether oxygens (including phenoxy) is 2. The van der Waals surface area contributed by atoms with Gasteiger partial charge in [-0.15, -0.1) is 0 Å². The number of nitrogens with one attached hydrogen (secondary N) is 2. The molecule has 174 valence electrons. The minimum absolute atomic E-state index is 0.177. The summed E-state index contributed by atoms with van der Waals surface area (Å²) in [6, 6.07) is 19.1. The summed E-state index contributed by atoms with van der Waals surface area (Å²) in [4.78, 5) is 26.8. The van der Waals surface area contributed by atoms with Crippen molar-refractivity contribution in [2.24, 2.45) is 0 Å². The monoisotopic (exact) mass is 474 g/mol. The number of carbonyl (C=O) groups is 2. The van der Waals surface area contributed by atoms with Crippen molar-refractivity contribution in [1.82, 2.24) is 5.32 Å². The average Bonchev–Trinajstić information content (AvgIpc) is 2.85. The molecule has 1 aliphatic rings. The lowest BCUT2D eigenvalue weighted by molar-refractivity contribution is -0.112. The lowest BCUT2D eigenvalue weighted by Gasteiger charge is -2.19. The maximum absolute atomic E-state index is 12.7. The van der Waals surface area contributed by atoms with Crippen molar-refractivity contribution >= 4 is 35.3 Å². The minimum Gasteiger partial charge on any atom is -0.493 e. The van der Waals surface area contributed by atoms with Crippen molar-refractivity contribution < 1.29 is 19.1 Å². The van der Waals surface area contributed by atoms with E-state index in [2.05, 4.69) is 10.6 Å². The molecule has 2 N–H and O–H groups in total. The highest BCUT2D eigenvalue weighted by atomic mass is 32.2. The first kappa shape index (κ1) is 23.4. The third-order valence-electron chi connectivity index (χ3n) is 5.46. The maximum atomic E-state index is 12.7. The molecule has 0 saturated heterocycles. The molecule has 0 unspecified atom stereocenters. The van der Waals surface area contributed by atoms with Gasteiger partial charge >= 0.3 is 0 Å². The van der Waals surface area contributed by atoms with Gasteiger partial charge in [0.1, 0.15) is 0 Å². The van der Waals surface area contributed by atoms with Crippen LogP contribution in [0.15, 0.2) is 70.5 Å². The van der Waals surface area contributed by atoms with Gasteiger partial charge in [-0.05, 0) is 60.9 Å². The Balaban J connectivity index is 1.39. The lowest BCUT2D eigenvalue weighted by Crippen LogP contribution is -2.26. The zero-order valence-corrected chi connectivity index (χ0v) is 20.1. The topological polar surface area (TPSA) is 76.7 Å². The maximum Gasteiger partial charge on any atom is 0.262 e. The van der Waals surface area contributed by atoms with E-state index >= 15 is 0 Å². The summed E-state index contributed by atoms with van der Waals surface area (Å²) in [5.74, 6) is 0.957. The zero-order chi connectivity index (χ0) is 24.1. The highest BCUT2D eigenvalue weighted by molar-refractivity contribution is 8.04. The van der Waals surface area contributed by atoms with E-state index in [-0.39, 0.29) is 11.8 Å². The Bertz CT molecular complexity index is 1250. The number of thioether (sulfide) groups is 1. The van der Waals surface area contributed by atoms with Crippen LogP contribution >= 0.6 is 11.8 Å². The van der Waals surface area contributed by atoms with E-state index in [0.717, 1.165) is 16.0 Å². The molecule has 34 heavy (non-hydrogen) atoms. The summed E-state index contributed by atoms with van der Waals surface area (Å²) in [7, 11) is 3.19. The predicted octanol–water partition coefficient (Wildman–Crippen LogP) is 5.07. The van der Waals surface area contributed by atoms with Crippen LogP contribution in [0, 0.1) is 6.92 Å². The van der Waals surface area contributed by atoms with Crippen LogP contribution in [0.5, 0.6) is 11.5 Å². The van der Waals surface area contributed by atoms with Crippen molar-refractivity contribution in [2.45, 2.75) is 18.2 Å². The van der Waals surface area contributed by atoms with E-state index in [0.29, 0.717) is 40.6 Å². The fourth-order valence-corrected chi connectivity index (χ4v) is 4.51. The molecule has 0 aromatic heterocycles. The van der Waals surface area contributed by atoms with Gasteiger partial charge in [-0.1, -0.05) is 47.7 Å². The van der Waals surface area contributed by atoms with Crippen LogP contribution in [0.25, 0.3) is 6.08 Å². The van der Waals surface area contributed by atoms with Crippen LogP contribution in [-0.4, -0.2) is 32.6 Å². The highest BCUT2D eigenvalue weighted by Crippen LogP contribution is 2.39. The first-order valence-corrected chi connectivity index (χ1v) is 11.7. The van der Waals surface area contributed by atoms with Gasteiger partial charge in [-0.25, -0.2) is 0 Å². The van der Waals surface area contributed by atoms with Crippen LogP contribution in [0.2, 0.25) is 0 Å². The summed E-state index contributed by atoms with van der Waals surface area (Å²) >= 11 is 1.40. The van der Waals surface area contributed by atoms with E-state index in [4.69, 9.17) is 9.47 Å². The van der Waals surface area contributed by atoms with Crippen LogP contribution in [-0.2, 0) is 11.2 Å². The largest absolute Gasteiger partial charge is 0.493 e. The average molecular weight is 475 g/mol. The molecule has 1 heterocycles. The molecule has 0 spiro atoms. The number of anilines is 1. The number of hydrogen-bond acceptors (Lipinski definition) is 5. The number of amides is 2. The Labute approximate surface area is 203 Å². The zero-order valence-electron chi connectivity index (χ0n) is 19.3. The van der Waals surface area contributed by atoms with Gasteiger partial charge in [0.2, 0.25) is 0 Å². The molecule has 2 amide bonds. The molecule has 3 aromatic carbocycles. The fraction of sp³-hybridized carbons (Fsp3) is 0.185. The molecule has 3 aromatic rings. The number of fused-ring (bicyclic) bond motifs is 1. The number of carbonyl (C=O) groups excluding carboxylic acids is 2. The highest BCUT2D eigenvalue weighted by Gasteiger charge is 2.22. The Morgan fingerprint density at radius 1 is 1.00 bits per heavy atom. The molecule has 7 heteroatoms. The fourth-order valence-electron chi connectivity index (χ4n) is 3.57. The number of benzene rings is 3. The molecule has 1 aliphatic heterocycles. The first-order valence-electron chi connectivity index (χ1n) is 10.9. The molecule has 4 rings (SSSR count). The third-order valence-corrected chi connectivity index (χ3v) is 6.56. The smallest absolute Gasteiger partial charge is 0.262 e. The first-order chi connectivity index (χ1) is 16.5. The Kier molecular flexibility index (Phi) is 7.23. The number of hydrogen-bond donors (Lipinski definition) is 2. The second-order valence-electron chi connectivity index (χ2n) is 7.88. The van der Waals surface area contributed by atoms with Crippen molar-refractivity contribution in [1.29, 1.82) is 0 Å². The summed E-state index contributed by atoms with van der Waals surface area (Å²) in [6.45, 7) is 2.50. The standard InChI is InChI=1S/C27H26N2O4S/c1-17-4-6-18(7-5-17)15-25-27(31)29-21-16-20(9-11-24(21)34-25)26(30)28-13-12-19-8-10-22(32-2)23(14-19)33-3/h4-11,14-16H,12-13H2,1-3H3,(H,28,30)(H,29,31). The van der Waals surface area contributed by atoms with Crippen molar-refractivity contribution in [3.05, 3.63) is 87.8 Å². The van der Waals surface area contributed by atoms with Crippen LogP contribution in [0.3, 0.4) is 0 Å². The van der Waals surface area contributed by atoms with Gasteiger partial charge in [-0.3, -0.25) is 9.59 Å². The SMILES string of the molecule is COc1ccc(CCNC(=O)c2ccc3c(c2)NC(=O)C(=Cc2ccc(C)cc2)S3)cc1OC. The quantitative estimate of drug-likeness (QED) is 0.468. The van der Waals surface area contributed by atoms with E-state index in [1.54, 1.807) is 26.4 Å². The van der Waals surface area contributed by atoms with Gasteiger partial charge < -0.3 is 20.1 Å². The predicted molar refractivity (Wildman–Crippen MR) is 136 cm³/mol. The van der Waals surface area contributed by atoms with Gasteiger partial charge in [0.05, 0.1) is 24.8 Å². The van der Waals surface area contributed by atoms with Gasteiger partial charge in [0.15, 0.2) is 11.5 Å². The Hall–Kier alpha value is -3.71. The molecule has 0 atom stereocenters. The number of aryl methyl sites for hydroxylation is 1. The molecule has 0 radical (unpaired) electrons. The Morgan fingerprint density at radius 3 is 2.50 bits per heavy atom. The van der Waals surface area contributed by atoms with Gasteiger partial charge in [0, 0.05) is 17.0 Å². The second kappa shape index (κ2) is 10.5. The summed E-state index contributed by atoms with van der Waals surface area (Å²) in [6.07, 6.45) is 2.52. The van der Waals surface area contributed by atoms with E-state index < -0.39 is 0 Å². The molecule has 0 bridgehead atoms. The van der Waals surface area contributed by atoms with Gasteiger partial charge in [0.25, 0.3) is 11.8 Å².